The minimum Gasteiger partial charge on any atom is -0.481 e. The molecule has 4 unspecified atom stereocenters. The summed E-state index contributed by atoms with van der Waals surface area (Å²) in [5, 5.41) is 9.58. The first-order valence-corrected chi connectivity index (χ1v) is 7.13. The van der Waals surface area contributed by atoms with Crippen molar-refractivity contribution in [3.63, 3.8) is 0 Å². The molecule has 0 aromatic heterocycles. The highest BCUT2D eigenvalue weighted by Crippen LogP contribution is 2.69. The molecule has 4 saturated carbocycles. The monoisotopic (exact) mass is 286 g/mol. The largest absolute Gasteiger partial charge is 0.481 e. The molecule has 4 atom stereocenters. The van der Waals surface area contributed by atoms with Crippen LogP contribution in [0.1, 0.15) is 51.9 Å². The third kappa shape index (κ3) is 1.33. The van der Waals surface area contributed by atoms with Gasteiger partial charge in [-0.1, -0.05) is 29.3 Å². The van der Waals surface area contributed by atoms with Gasteiger partial charge in [-0.2, -0.15) is 0 Å². The van der Waals surface area contributed by atoms with Crippen LogP contribution in [-0.4, -0.2) is 15.4 Å². The van der Waals surface area contributed by atoms with Crippen LogP contribution in [0.2, 0.25) is 0 Å². The molecule has 0 amide bonds. The molecule has 0 heterocycles. The molecule has 4 fully saturated rings. The second kappa shape index (κ2) is 3.04. The molecule has 0 aromatic carbocycles. The van der Waals surface area contributed by atoms with Gasteiger partial charge in [-0.3, -0.25) is 4.79 Å². The number of carboxylic acids is 1. The minimum atomic E-state index is -0.543. The first-order valence-electron chi connectivity index (χ1n) is 6.33. The van der Waals surface area contributed by atoms with Gasteiger partial charge in [0.15, 0.2) is 0 Å². The van der Waals surface area contributed by atoms with Crippen molar-refractivity contribution in [3.05, 3.63) is 0 Å². The van der Waals surface area contributed by atoms with E-state index in [1.54, 1.807) is 0 Å². The van der Waals surface area contributed by atoms with Gasteiger partial charge < -0.3 is 5.11 Å². The van der Waals surface area contributed by atoms with Crippen molar-refractivity contribution in [2.45, 2.75) is 56.2 Å². The molecule has 4 bridgehead atoms. The van der Waals surface area contributed by atoms with E-state index in [4.69, 9.17) is 0 Å². The molecular formula is C13H19BrO2. The molecule has 0 radical (unpaired) electrons. The van der Waals surface area contributed by atoms with Crippen molar-refractivity contribution in [1.29, 1.82) is 0 Å². The van der Waals surface area contributed by atoms with Crippen LogP contribution in [0.4, 0.5) is 0 Å². The van der Waals surface area contributed by atoms with Gasteiger partial charge in [-0.25, -0.2) is 0 Å². The van der Waals surface area contributed by atoms with Crippen molar-refractivity contribution in [2.75, 3.05) is 0 Å². The Kier molecular flexibility index (Phi) is 2.10. The highest BCUT2D eigenvalue weighted by atomic mass is 79.9. The fourth-order valence-corrected chi connectivity index (χ4v) is 6.74. The van der Waals surface area contributed by atoms with E-state index in [0.717, 1.165) is 25.7 Å². The lowest BCUT2D eigenvalue weighted by Gasteiger charge is -2.63. The second-order valence-corrected chi connectivity index (χ2v) is 8.28. The van der Waals surface area contributed by atoms with Gasteiger partial charge >= 0.3 is 5.97 Å². The van der Waals surface area contributed by atoms with Crippen molar-refractivity contribution in [3.8, 4) is 0 Å². The van der Waals surface area contributed by atoms with Crippen molar-refractivity contribution in [2.24, 2.45) is 16.7 Å². The van der Waals surface area contributed by atoms with Gasteiger partial charge in [0.1, 0.15) is 0 Å². The third-order valence-electron chi connectivity index (χ3n) is 5.32. The third-order valence-corrected chi connectivity index (χ3v) is 6.20. The van der Waals surface area contributed by atoms with E-state index in [0.29, 0.717) is 11.3 Å². The number of alkyl halides is 1. The minimum absolute atomic E-state index is 0.140. The molecule has 0 saturated heterocycles. The maximum atomic E-state index is 11.6. The number of hydrogen-bond acceptors (Lipinski definition) is 1. The van der Waals surface area contributed by atoms with Gasteiger partial charge in [0, 0.05) is 4.32 Å². The van der Waals surface area contributed by atoms with Gasteiger partial charge in [-0.05, 0) is 49.9 Å². The van der Waals surface area contributed by atoms with Crippen LogP contribution in [0.5, 0.6) is 0 Å². The Morgan fingerprint density at radius 1 is 1.31 bits per heavy atom. The van der Waals surface area contributed by atoms with E-state index in [-0.39, 0.29) is 4.32 Å². The molecule has 0 aromatic rings. The topological polar surface area (TPSA) is 37.3 Å². The summed E-state index contributed by atoms with van der Waals surface area (Å²) >= 11 is 3.87. The Morgan fingerprint density at radius 2 is 2.06 bits per heavy atom. The van der Waals surface area contributed by atoms with Crippen molar-refractivity contribution < 1.29 is 9.90 Å². The average molecular weight is 287 g/mol. The first kappa shape index (κ1) is 11.1. The summed E-state index contributed by atoms with van der Waals surface area (Å²) < 4.78 is 0.140. The van der Waals surface area contributed by atoms with E-state index in [1.165, 1.54) is 19.3 Å². The first-order chi connectivity index (χ1) is 7.41. The van der Waals surface area contributed by atoms with Gasteiger partial charge in [-0.15, -0.1) is 0 Å². The number of rotatable bonds is 2. The molecule has 4 rings (SSSR count). The molecule has 4 aliphatic carbocycles. The maximum absolute atomic E-state index is 11.6. The van der Waals surface area contributed by atoms with Crippen LogP contribution in [0.25, 0.3) is 0 Å². The molecule has 90 valence electrons. The van der Waals surface area contributed by atoms with Crippen LogP contribution in [0.15, 0.2) is 0 Å². The quantitative estimate of drug-likeness (QED) is 0.788. The summed E-state index contributed by atoms with van der Waals surface area (Å²) in [5.74, 6) is 0.102. The Hall–Kier alpha value is -0.0500. The summed E-state index contributed by atoms with van der Waals surface area (Å²) in [6.45, 7) is 2.24. The van der Waals surface area contributed by atoms with Crippen molar-refractivity contribution >= 4 is 21.9 Å². The predicted molar refractivity (Wildman–Crippen MR) is 65.6 cm³/mol. The van der Waals surface area contributed by atoms with Crippen LogP contribution in [-0.2, 0) is 4.79 Å². The number of carboxylic acid groups (broad SMARTS) is 1. The summed E-state index contributed by atoms with van der Waals surface area (Å²) in [6.07, 6.45) is 7.52. The Morgan fingerprint density at radius 3 is 2.62 bits per heavy atom. The molecule has 16 heavy (non-hydrogen) atoms. The fraction of sp³-hybridized carbons (Fsp3) is 0.923. The van der Waals surface area contributed by atoms with Crippen LogP contribution in [0.3, 0.4) is 0 Å². The van der Waals surface area contributed by atoms with Gasteiger partial charge in [0.25, 0.3) is 0 Å². The highest BCUT2D eigenvalue weighted by molar-refractivity contribution is 9.10. The number of carbonyl (C=O) groups is 1. The molecule has 3 heteroatoms. The lowest BCUT2D eigenvalue weighted by Crippen LogP contribution is -2.60. The van der Waals surface area contributed by atoms with E-state index < -0.39 is 11.4 Å². The van der Waals surface area contributed by atoms with Gasteiger partial charge in [0.2, 0.25) is 0 Å². The summed E-state index contributed by atoms with van der Waals surface area (Å²) in [4.78, 5) is 11.6. The number of hydrogen-bond donors (Lipinski definition) is 1. The van der Waals surface area contributed by atoms with Crippen LogP contribution < -0.4 is 0 Å². The average Bonchev–Trinajstić information content (AvgIpc) is 2.13. The van der Waals surface area contributed by atoms with Crippen LogP contribution >= 0.6 is 15.9 Å². The zero-order valence-corrected chi connectivity index (χ0v) is 11.3. The maximum Gasteiger partial charge on any atom is 0.309 e. The SMILES string of the molecule is CCC12CC3CC(Br)(C1)CC(C(=O)O)(C3)C2. The zero-order chi connectivity index (χ0) is 11.6. The molecule has 0 spiro atoms. The van der Waals surface area contributed by atoms with Gasteiger partial charge in [0.05, 0.1) is 5.41 Å². The molecule has 1 N–H and O–H groups in total. The molecular weight excluding hydrogens is 268 g/mol. The molecule has 2 nitrogen and oxygen atoms in total. The summed E-state index contributed by atoms with van der Waals surface area (Å²) in [6, 6.07) is 0. The Labute approximate surface area is 105 Å². The fourth-order valence-electron chi connectivity index (χ4n) is 5.15. The number of aliphatic carboxylic acids is 1. The smallest absolute Gasteiger partial charge is 0.309 e. The molecule has 4 aliphatic rings. The second-order valence-electron chi connectivity index (χ2n) is 6.60. The van der Waals surface area contributed by atoms with E-state index >= 15 is 0 Å². The summed E-state index contributed by atoms with van der Waals surface area (Å²) in [5.41, 5.74) is -0.0831. The Bertz CT molecular complexity index is 356. The van der Waals surface area contributed by atoms with E-state index in [9.17, 15) is 9.90 Å². The molecule has 0 aliphatic heterocycles. The highest BCUT2D eigenvalue weighted by Gasteiger charge is 2.64. The predicted octanol–water partition coefficient (Wildman–Crippen LogP) is 3.59. The lowest BCUT2D eigenvalue weighted by molar-refractivity contribution is -0.171. The normalized spacial score (nSPS) is 54.2. The van der Waals surface area contributed by atoms with E-state index in [2.05, 4.69) is 22.9 Å². The van der Waals surface area contributed by atoms with Crippen LogP contribution in [0, 0.1) is 16.7 Å². The standard InChI is InChI=1S/C13H19BrO2/c1-2-11-3-9-4-12(6-11,10(15)16)8-13(14,5-9)7-11/h9H,2-8H2,1H3,(H,15,16). The Balaban J connectivity index is 2.04. The lowest BCUT2D eigenvalue weighted by atomic mass is 9.43. The zero-order valence-electron chi connectivity index (χ0n) is 9.76. The van der Waals surface area contributed by atoms with Crippen molar-refractivity contribution in [1.82, 2.24) is 0 Å². The van der Waals surface area contributed by atoms with E-state index in [1.807, 2.05) is 0 Å². The number of halogens is 1. The summed E-state index contributed by atoms with van der Waals surface area (Å²) in [7, 11) is 0.